The lowest BCUT2D eigenvalue weighted by atomic mass is 9.91. The number of amides is 1. The summed E-state index contributed by atoms with van der Waals surface area (Å²) < 4.78 is 0. The second kappa shape index (κ2) is 3.56. The van der Waals surface area contributed by atoms with Crippen molar-refractivity contribution in [2.45, 2.75) is 19.8 Å². The van der Waals surface area contributed by atoms with Gasteiger partial charge in [0.25, 0.3) is 0 Å². The van der Waals surface area contributed by atoms with Crippen LogP contribution in [0.25, 0.3) is 0 Å². The van der Waals surface area contributed by atoms with E-state index in [1.807, 2.05) is 6.92 Å². The van der Waals surface area contributed by atoms with Crippen molar-refractivity contribution in [1.29, 1.82) is 0 Å². The summed E-state index contributed by atoms with van der Waals surface area (Å²) in [6.45, 7) is 2.24. The first-order valence-corrected chi connectivity index (χ1v) is 4.17. The van der Waals surface area contributed by atoms with E-state index in [4.69, 9.17) is 5.11 Å². The van der Waals surface area contributed by atoms with Gasteiger partial charge in [0, 0.05) is 6.54 Å². The Morgan fingerprint density at radius 3 is 2.92 bits per heavy atom. The number of nitrogens with one attached hydrogen (secondary N) is 1. The number of hydrogen-bond acceptors (Lipinski definition) is 2. The van der Waals surface area contributed by atoms with Gasteiger partial charge in [-0.25, -0.2) is 0 Å². The summed E-state index contributed by atoms with van der Waals surface area (Å²) >= 11 is 0. The first-order valence-electron chi connectivity index (χ1n) is 4.17. The number of rotatable bonds is 3. The molecule has 0 bridgehead atoms. The molecule has 0 aromatic heterocycles. The molecule has 0 radical (unpaired) electrons. The molecule has 0 aromatic rings. The fraction of sp³-hybridized carbons (Fsp3) is 0.750. The Kier molecular flexibility index (Phi) is 2.68. The van der Waals surface area contributed by atoms with Crippen LogP contribution >= 0.6 is 0 Å². The van der Waals surface area contributed by atoms with Crippen LogP contribution in [0.5, 0.6) is 0 Å². The van der Waals surface area contributed by atoms with Crippen molar-refractivity contribution in [2.75, 3.05) is 6.54 Å². The predicted molar refractivity (Wildman–Crippen MR) is 42.5 cm³/mol. The standard InChI is InChI=1S/C8H13NO3/c1-2-3-5-6(8(11)12)4-9-7(5)10/h5-6H,2-4H2,1H3,(H,9,10)(H,11,12). The first-order chi connectivity index (χ1) is 5.66. The summed E-state index contributed by atoms with van der Waals surface area (Å²) in [5.74, 6) is -1.80. The molecule has 1 fully saturated rings. The summed E-state index contributed by atoms with van der Waals surface area (Å²) in [5, 5.41) is 11.3. The minimum atomic E-state index is -0.869. The number of carboxylic acids is 1. The van der Waals surface area contributed by atoms with E-state index in [2.05, 4.69) is 5.32 Å². The lowest BCUT2D eigenvalue weighted by molar-refractivity contribution is -0.144. The molecule has 1 heterocycles. The molecule has 1 rings (SSSR count). The normalized spacial score (nSPS) is 28.6. The van der Waals surface area contributed by atoms with Crippen molar-refractivity contribution in [3.63, 3.8) is 0 Å². The van der Waals surface area contributed by atoms with Gasteiger partial charge in [-0.1, -0.05) is 13.3 Å². The van der Waals surface area contributed by atoms with Crippen molar-refractivity contribution in [1.82, 2.24) is 5.32 Å². The topological polar surface area (TPSA) is 66.4 Å². The van der Waals surface area contributed by atoms with Crippen LogP contribution in [0.2, 0.25) is 0 Å². The fourth-order valence-corrected chi connectivity index (χ4v) is 1.57. The summed E-state index contributed by atoms with van der Waals surface area (Å²) in [4.78, 5) is 21.7. The Bertz CT molecular complexity index is 202. The van der Waals surface area contributed by atoms with Gasteiger partial charge < -0.3 is 10.4 Å². The number of carboxylic acid groups (broad SMARTS) is 1. The van der Waals surface area contributed by atoms with E-state index in [0.717, 1.165) is 6.42 Å². The average Bonchev–Trinajstić information content (AvgIpc) is 2.34. The second-order valence-corrected chi connectivity index (χ2v) is 3.09. The predicted octanol–water partition coefficient (Wildman–Crippen LogP) is 0.233. The molecule has 0 spiro atoms. The monoisotopic (exact) mass is 171 g/mol. The lowest BCUT2D eigenvalue weighted by Crippen LogP contribution is -2.23. The van der Waals surface area contributed by atoms with E-state index in [9.17, 15) is 9.59 Å². The highest BCUT2D eigenvalue weighted by Gasteiger charge is 2.38. The summed E-state index contributed by atoms with van der Waals surface area (Å²) in [6, 6.07) is 0. The van der Waals surface area contributed by atoms with Crippen molar-refractivity contribution in [3.8, 4) is 0 Å². The van der Waals surface area contributed by atoms with E-state index < -0.39 is 11.9 Å². The molecule has 4 heteroatoms. The van der Waals surface area contributed by atoms with E-state index in [-0.39, 0.29) is 11.8 Å². The third-order valence-corrected chi connectivity index (χ3v) is 2.24. The molecule has 68 valence electrons. The van der Waals surface area contributed by atoms with Crippen LogP contribution in [0, 0.1) is 11.8 Å². The molecule has 1 aliphatic rings. The molecule has 12 heavy (non-hydrogen) atoms. The maximum atomic E-state index is 11.1. The Balaban J connectivity index is 2.63. The quantitative estimate of drug-likeness (QED) is 0.639. The zero-order valence-corrected chi connectivity index (χ0v) is 7.04. The first kappa shape index (κ1) is 9.03. The van der Waals surface area contributed by atoms with Crippen molar-refractivity contribution in [2.24, 2.45) is 11.8 Å². The highest BCUT2D eigenvalue weighted by atomic mass is 16.4. The number of aliphatic carboxylic acids is 1. The van der Waals surface area contributed by atoms with Crippen LogP contribution in [-0.2, 0) is 9.59 Å². The van der Waals surface area contributed by atoms with Crippen molar-refractivity contribution >= 4 is 11.9 Å². The SMILES string of the molecule is CCCC1C(=O)NCC1C(=O)O. The molecule has 0 aliphatic carbocycles. The highest BCUT2D eigenvalue weighted by Crippen LogP contribution is 2.22. The van der Waals surface area contributed by atoms with Gasteiger partial charge in [-0.3, -0.25) is 9.59 Å². The maximum absolute atomic E-state index is 11.1. The summed E-state index contributed by atoms with van der Waals surface area (Å²) in [6.07, 6.45) is 1.52. The van der Waals surface area contributed by atoms with Gasteiger partial charge in [-0.15, -0.1) is 0 Å². The van der Waals surface area contributed by atoms with Gasteiger partial charge in [0.15, 0.2) is 0 Å². The van der Waals surface area contributed by atoms with Crippen LogP contribution in [0.4, 0.5) is 0 Å². The van der Waals surface area contributed by atoms with Crippen molar-refractivity contribution < 1.29 is 14.7 Å². The van der Waals surface area contributed by atoms with Gasteiger partial charge in [0.2, 0.25) is 5.91 Å². The molecule has 0 saturated carbocycles. The molecular formula is C8H13NO3. The average molecular weight is 171 g/mol. The van der Waals surface area contributed by atoms with Crippen molar-refractivity contribution in [3.05, 3.63) is 0 Å². The highest BCUT2D eigenvalue weighted by molar-refractivity contribution is 5.88. The van der Waals surface area contributed by atoms with Crippen LogP contribution in [0.1, 0.15) is 19.8 Å². The van der Waals surface area contributed by atoms with Gasteiger partial charge in [0.05, 0.1) is 11.8 Å². The number of hydrogen-bond donors (Lipinski definition) is 2. The third-order valence-electron chi connectivity index (χ3n) is 2.24. The molecule has 0 aromatic carbocycles. The zero-order valence-electron chi connectivity index (χ0n) is 7.04. The van der Waals surface area contributed by atoms with Gasteiger partial charge in [-0.05, 0) is 6.42 Å². The lowest BCUT2D eigenvalue weighted by Gasteiger charge is -2.10. The Hall–Kier alpha value is -1.06. The van der Waals surface area contributed by atoms with Gasteiger partial charge in [-0.2, -0.15) is 0 Å². The summed E-state index contributed by atoms with van der Waals surface area (Å²) in [5.41, 5.74) is 0. The molecule has 4 nitrogen and oxygen atoms in total. The van der Waals surface area contributed by atoms with Gasteiger partial charge in [0.1, 0.15) is 0 Å². The minimum Gasteiger partial charge on any atom is -0.481 e. The van der Waals surface area contributed by atoms with E-state index in [0.29, 0.717) is 13.0 Å². The van der Waals surface area contributed by atoms with E-state index in [1.54, 1.807) is 0 Å². The molecule has 1 saturated heterocycles. The molecule has 1 amide bonds. The van der Waals surface area contributed by atoms with Gasteiger partial charge >= 0.3 is 5.97 Å². The van der Waals surface area contributed by atoms with Crippen LogP contribution < -0.4 is 5.32 Å². The molecule has 1 aliphatic heterocycles. The van der Waals surface area contributed by atoms with Crippen LogP contribution in [-0.4, -0.2) is 23.5 Å². The Morgan fingerprint density at radius 1 is 1.75 bits per heavy atom. The minimum absolute atomic E-state index is 0.107. The number of carbonyl (C=O) groups excluding carboxylic acids is 1. The smallest absolute Gasteiger partial charge is 0.309 e. The number of carbonyl (C=O) groups is 2. The molecule has 2 unspecified atom stereocenters. The second-order valence-electron chi connectivity index (χ2n) is 3.09. The van der Waals surface area contributed by atoms with Crippen LogP contribution in [0.15, 0.2) is 0 Å². The fourth-order valence-electron chi connectivity index (χ4n) is 1.57. The third kappa shape index (κ3) is 1.57. The molecular weight excluding hydrogens is 158 g/mol. The Morgan fingerprint density at radius 2 is 2.42 bits per heavy atom. The Labute approximate surface area is 71.0 Å². The summed E-state index contributed by atoms with van der Waals surface area (Å²) in [7, 11) is 0. The molecule has 2 atom stereocenters. The van der Waals surface area contributed by atoms with Crippen LogP contribution in [0.3, 0.4) is 0 Å². The van der Waals surface area contributed by atoms with E-state index in [1.165, 1.54) is 0 Å². The largest absolute Gasteiger partial charge is 0.481 e. The maximum Gasteiger partial charge on any atom is 0.309 e. The van der Waals surface area contributed by atoms with E-state index >= 15 is 0 Å². The molecule has 2 N–H and O–H groups in total. The zero-order chi connectivity index (χ0) is 9.14.